The summed E-state index contributed by atoms with van der Waals surface area (Å²) in [5.74, 6) is 0. The molecule has 0 fully saturated rings. The van der Waals surface area contributed by atoms with E-state index in [1.165, 1.54) is 0 Å². The SMILES string of the molecule is CC(c1cccc2c1ncn2COCC[Si])N(C)C(=O)OC(C)(C)C. The van der Waals surface area contributed by atoms with Gasteiger partial charge in [0.05, 0.1) is 23.4 Å². The minimum absolute atomic E-state index is 0.162. The minimum Gasteiger partial charge on any atom is -0.444 e. The molecule has 7 heteroatoms. The van der Waals surface area contributed by atoms with Gasteiger partial charge in [-0.3, -0.25) is 0 Å². The van der Waals surface area contributed by atoms with Crippen LogP contribution in [0.2, 0.25) is 6.04 Å². The maximum atomic E-state index is 12.3. The monoisotopic (exact) mass is 360 g/mol. The van der Waals surface area contributed by atoms with Crippen LogP contribution in [0.15, 0.2) is 24.5 Å². The van der Waals surface area contributed by atoms with Gasteiger partial charge in [-0.1, -0.05) is 12.1 Å². The van der Waals surface area contributed by atoms with Crippen LogP contribution >= 0.6 is 0 Å². The van der Waals surface area contributed by atoms with Crippen LogP contribution in [0.25, 0.3) is 11.0 Å². The Morgan fingerprint density at radius 3 is 2.76 bits per heavy atom. The van der Waals surface area contributed by atoms with Gasteiger partial charge >= 0.3 is 6.09 Å². The van der Waals surface area contributed by atoms with Crippen molar-refractivity contribution in [1.29, 1.82) is 0 Å². The molecule has 2 aromatic rings. The molecular formula is C18H26N3O3Si. The highest BCUT2D eigenvalue weighted by Gasteiger charge is 2.25. The Labute approximate surface area is 152 Å². The Bertz CT molecular complexity index is 724. The van der Waals surface area contributed by atoms with Crippen LogP contribution < -0.4 is 0 Å². The number of rotatable bonds is 6. The quantitative estimate of drug-likeness (QED) is 0.584. The molecule has 0 N–H and O–H groups in total. The summed E-state index contributed by atoms with van der Waals surface area (Å²) < 4.78 is 13.0. The molecule has 3 radical (unpaired) electrons. The summed E-state index contributed by atoms with van der Waals surface area (Å²) in [6.07, 6.45) is 1.42. The van der Waals surface area contributed by atoms with Gasteiger partial charge in [0.2, 0.25) is 0 Å². The molecule has 1 amide bonds. The Hall–Kier alpha value is -1.86. The molecule has 0 saturated heterocycles. The van der Waals surface area contributed by atoms with Crippen LogP contribution in [0.5, 0.6) is 0 Å². The lowest BCUT2D eigenvalue weighted by Crippen LogP contribution is -2.35. The topological polar surface area (TPSA) is 56.6 Å². The molecule has 0 aliphatic carbocycles. The van der Waals surface area contributed by atoms with E-state index in [0.29, 0.717) is 13.3 Å². The molecule has 0 aliphatic rings. The standard InChI is InChI=1S/C18H26N3O3Si/c1-13(20(5)17(22)24-18(2,3)4)14-7-6-8-15-16(14)19-11-21(15)12-23-9-10-25/h6-8,11,13H,9-10,12H2,1-5H3. The zero-order valence-corrected chi connectivity index (χ0v) is 16.6. The van der Waals surface area contributed by atoms with Gasteiger partial charge < -0.3 is 18.9 Å². The third-order valence-corrected chi connectivity index (χ3v) is 4.07. The number of nitrogens with zero attached hydrogens (tertiary/aromatic N) is 3. The maximum absolute atomic E-state index is 12.3. The van der Waals surface area contributed by atoms with Crippen molar-refractivity contribution in [2.75, 3.05) is 13.7 Å². The van der Waals surface area contributed by atoms with Crippen molar-refractivity contribution in [3.05, 3.63) is 30.1 Å². The fraction of sp³-hybridized carbons (Fsp3) is 0.556. The largest absolute Gasteiger partial charge is 0.444 e. The third-order valence-electron chi connectivity index (χ3n) is 3.87. The van der Waals surface area contributed by atoms with E-state index in [1.54, 1.807) is 18.3 Å². The lowest BCUT2D eigenvalue weighted by Gasteiger charge is -2.29. The number of fused-ring (bicyclic) bond motifs is 1. The Morgan fingerprint density at radius 1 is 1.40 bits per heavy atom. The van der Waals surface area contributed by atoms with Crippen LogP contribution in [-0.4, -0.2) is 50.0 Å². The molecule has 2 rings (SSSR count). The second-order valence-electron chi connectivity index (χ2n) is 6.98. The number of para-hydroxylation sites is 1. The molecule has 1 aromatic carbocycles. The molecule has 6 nitrogen and oxygen atoms in total. The van der Waals surface area contributed by atoms with Crippen LogP contribution in [0.4, 0.5) is 4.79 Å². The van der Waals surface area contributed by atoms with Gasteiger partial charge in [0.15, 0.2) is 0 Å². The van der Waals surface area contributed by atoms with Gasteiger partial charge in [0.25, 0.3) is 0 Å². The number of carbonyl (C=O) groups is 1. The summed E-state index contributed by atoms with van der Waals surface area (Å²) in [6.45, 7) is 8.63. The van der Waals surface area contributed by atoms with Gasteiger partial charge in [-0.05, 0) is 39.8 Å². The second-order valence-corrected chi connectivity index (χ2v) is 7.48. The smallest absolute Gasteiger partial charge is 0.410 e. The molecular weight excluding hydrogens is 334 g/mol. The summed E-state index contributed by atoms with van der Waals surface area (Å²) in [6, 6.07) is 6.59. The number of hydrogen-bond donors (Lipinski definition) is 0. The molecule has 0 aliphatic heterocycles. The van der Waals surface area contributed by atoms with Crippen LogP contribution in [0.1, 0.15) is 39.3 Å². The Morgan fingerprint density at radius 2 is 2.12 bits per heavy atom. The van der Waals surface area contributed by atoms with E-state index in [0.717, 1.165) is 22.6 Å². The van der Waals surface area contributed by atoms with Crippen molar-refractivity contribution < 1.29 is 14.3 Å². The number of imidazole rings is 1. The number of benzene rings is 1. The Kier molecular flexibility index (Phi) is 6.24. The first-order chi connectivity index (χ1) is 11.7. The number of ether oxygens (including phenoxy) is 2. The summed E-state index contributed by atoms with van der Waals surface area (Å²) in [7, 11) is 5.14. The van der Waals surface area contributed by atoms with Crippen molar-refractivity contribution >= 4 is 27.4 Å². The zero-order valence-electron chi connectivity index (χ0n) is 15.6. The van der Waals surface area contributed by atoms with E-state index in [4.69, 9.17) is 9.47 Å². The maximum Gasteiger partial charge on any atom is 0.410 e. The molecule has 25 heavy (non-hydrogen) atoms. The van der Waals surface area contributed by atoms with Crippen LogP contribution in [0.3, 0.4) is 0 Å². The average molecular weight is 361 g/mol. The molecule has 135 valence electrons. The van der Waals surface area contributed by atoms with Gasteiger partial charge in [-0.25, -0.2) is 9.78 Å². The highest BCUT2D eigenvalue weighted by molar-refractivity contribution is 6.08. The van der Waals surface area contributed by atoms with Crippen molar-refractivity contribution in [3.8, 4) is 0 Å². The van der Waals surface area contributed by atoms with Crippen LogP contribution in [-0.2, 0) is 16.2 Å². The van der Waals surface area contributed by atoms with Crippen molar-refractivity contribution in [1.82, 2.24) is 14.5 Å². The van der Waals surface area contributed by atoms with Crippen molar-refractivity contribution in [2.45, 2.75) is 52.1 Å². The van der Waals surface area contributed by atoms with E-state index < -0.39 is 5.60 Å². The molecule has 0 bridgehead atoms. The molecule has 1 atom stereocenters. The molecule has 0 saturated carbocycles. The van der Waals surface area contributed by atoms with E-state index in [9.17, 15) is 4.79 Å². The number of carbonyl (C=O) groups excluding carboxylic acids is 1. The highest BCUT2D eigenvalue weighted by atomic mass is 28.1. The van der Waals surface area contributed by atoms with Gasteiger partial charge in [0, 0.05) is 29.5 Å². The highest BCUT2D eigenvalue weighted by Crippen LogP contribution is 2.27. The average Bonchev–Trinajstić information content (AvgIpc) is 2.95. The van der Waals surface area contributed by atoms with Crippen molar-refractivity contribution in [2.24, 2.45) is 0 Å². The van der Waals surface area contributed by atoms with E-state index in [1.807, 2.05) is 50.5 Å². The molecule has 0 spiro atoms. The number of aromatic nitrogens is 2. The Balaban J connectivity index is 2.23. The van der Waals surface area contributed by atoms with Gasteiger partial charge in [-0.15, -0.1) is 0 Å². The van der Waals surface area contributed by atoms with E-state index in [-0.39, 0.29) is 12.1 Å². The minimum atomic E-state index is -0.523. The lowest BCUT2D eigenvalue weighted by atomic mass is 10.1. The summed E-state index contributed by atoms with van der Waals surface area (Å²) >= 11 is 0. The molecule has 1 heterocycles. The molecule has 1 unspecified atom stereocenters. The van der Waals surface area contributed by atoms with Crippen molar-refractivity contribution in [3.63, 3.8) is 0 Å². The first-order valence-electron chi connectivity index (χ1n) is 8.36. The third kappa shape index (κ3) is 4.82. The first kappa shape index (κ1) is 19.5. The normalized spacial score (nSPS) is 13.0. The van der Waals surface area contributed by atoms with E-state index >= 15 is 0 Å². The van der Waals surface area contributed by atoms with Gasteiger partial charge in [-0.2, -0.15) is 0 Å². The van der Waals surface area contributed by atoms with E-state index in [2.05, 4.69) is 15.2 Å². The number of amides is 1. The predicted molar refractivity (Wildman–Crippen MR) is 98.7 cm³/mol. The summed E-state index contributed by atoms with van der Waals surface area (Å²) in [4.78, 5) is 18.5. The lowest BCUT2D eigenvalue weighted by molar-refractivity contribution is 0.0235. The van der Waals surface area contributed by atoms with Gasteiger partial charge in [0.1, 0.15) is 12.3 Å². The predicted octanol–water partition coefficient (Wildman–Crippen LogP) is 3.53. The molecule has 1 aromatic heterocycles. The fourth-order valence-electron chi connectivity index (χ4n) is 2.49. The zero-order chi connectivity index (χ0) is 18.6. The summed E-state index contributed by atoms with van der Waals surface area (Å²) in [5, 5.41) is 0. The fourth-order valence-corrected chi connectivity index (χ4v) is 2.63. The number of hydrogen-bond acceptors (Lipinski definition) is 4. The van der Waals surface area contributed by atoms with Crippen LogP contribution in [0, 0.1) is 0 Å². The second kappa shape index (κ2) is 8.01. The summed E-state index contributed by atoms with van der Waals surface area (Å²) in [5.41, 5.74) is 2.30. The first-order valence-corrected chi connectivity index (χ1v) is 9.07.